The molecule has 2 aliphatic heterocycles. The second-order valence-corrected chi connectivity index (χ2v) is 6.68. The van der Waals surface area contributed by atoms with Crippen molar-refractivity contribution in [3.8, 4) is 0 Å². The number of carbonyl (C=O) groups excluding carboxylic acids is 1. The summed E-state index contributed by atoms with van der Waals surface area (Å²) in [6.45, 7) is 4.88. The van der Waals surface area contributed by atoms with Gasteiger partial charge in [0.1, 0.15) is 0 Å². The Balaban J connectivity index is 1.63. The Labute approximate surface area is 127 Å². The van der Waals surface area contributed by atoms with E-state index >= 15 is 0 Å². The van der Waals surface area contributed by atoms with Gasteiger partial charge in [-0.05, 0) is 31.6 Å². The van der Waals surface area contributed by atoms with Gasteiger partial charge in [0.2, 0.25) is 5.91 Å². The predicted molar refractivity (Wildman–Crippen MR) is 85.5 cm³/mol. The average molecular weight is 287 g/mol. The van der Waals surface area contributed by atoms with E-state index in [0.29, 0.717) is 30.2 Å². The van der Waals surface area contributed by atoms with Gasteiger partial charge in [0.05, 0.1) is 0 Å². The van der Waals surface area contributed by atoms with Crippen LogP contribution in [0.15, 0.2) is 24.3 Å². The lowest BCUT2D eigenvalue weighted by atomic mass is 9.97. The first-order valence-electron chi connectivity index (χ1n) is 7.83. The van der Waals surface area contributed by atoms with Crippen LogP contribution in [0, 0.1) is 5.92 Å². The molecule has 0 saturated carbocycles. The van der Waals surface area contributed by atoms with Crippen LogP contribution in [0.2, 0.25) is 0 Å². The molecule has 2 aliphatic rings. The zero-order chi connectivity index (χ0) is 15.0. The number of amides is 1. The number of para-hydroxylation sites is 1. The van der Waals surface area contributed by atoms with Crippen LogP contribution in [0.3, 0.4) is 0 Å². The summed E-state index contributed by atoms with van der Waals surface area (Å²) in [4.78, 5) is 16.9. The van der Waals surface area contributed by atoms with Gasteiger partial charge in [0.25, 0.3) is 0 Å². The Morgan fingerprint density at radius 1 is 1.33 bits per heavy atom. The first kappa shape index (κ1) is 14.4. The predicted octanol–water partition coefficient (Wildman–Crippen LogP) is 1.99. The number of nitrogens with one attached hydrogen (secondary N) is 1. The Hall–Kier alpha value is -1.55. The molecule has 1 aromatic carbocycles. The van der Waals surface area contributed by atoms with Gasteiger partial charge in [0.15, 0.2) is 0 Å². The van der Waals surface area contributed by atoms with E-state index in [2.05, 4.69) is 54.3 Å². The van der Waals surface area contributed by atoms with Crippen LogP contribution in [-0.2, 0) is 4.79 Å². The fourth-order valence-corrected chi connectivity index (χ4v) is 3.70. The number of carbonyl (C=O) groups is 1. The number of likely N-dealkylation sites (N-methyl/N-ethyl adjacent to an activating group) is 1. The molecule has 4 nitrogen and oxygen atoms in total. The molecule has 3 atom stereocenters. The van der Waals surface area contributed by atoms with Crippen molar-refractivity contribution < 1.29 is 4.79 Å². The molecule has 1 amide bonds. The minimum Gasteiger partial charge on any atom is -0.384 e. The first-order valence-corrected chi connectivity index (χ1v) is 7.83. The zero-order valence-corrected chi connectivity index (χ0v) is 13.2. The number of hydrogen-bond donors (Lipinski definition) is 1. The third-order valence-electron chi connectivity index (χ3n) is 4.95. The maximum Gasteiger partial charge on any atom is 0.223 e. The molecule has 0 aliphatic carbocycles. The van der Waals surface area contributed by atoms with Crippen molar-refractivity contribution >= 4 is 11.6 Å². The van der Waals surface area contributed by atoms with Gasteiger partial charge in [-0.3, -0.25) is 4.79 Å². The summed E-state index contributed by atoms with van der Waals surface area (Å²) in [5.74, 6) is 1.18. The summed E-state index contributed by atoms with van der Waals surface area (Å²) < 4.78 is 0. The Bertz CT molecular complexity index is 529. The molecular formula is C17H25N3O. The van der Waals surface area contributed by atoms with Crippen LogP contribution >= 0.6 is 0 Å². The van der Waals surface area contributed by atoms with Crippen molar-refractivity contribution in [2.75, 3.05) is 39.0 Å². The van der Waals surface area contributed by atoms with Crippen molar-refractivity contribution in [3.63, 3.8) is 0 Å². The first-order chi connectivity index (χ1) is 10.1. The van der Waals surface area contributed by atoms with Crippen molar-refractivity contribution in [2.45, 2.75) is 25.3 Å². The number of rotatable bonds is 3. The summed E-state index contributed by atoms with van der Waals surface area (Å²) in [7, 11) is 4.21. The van der Waals surface area contributed by atoms with E-state index in [-0.39, 0.29) is 0 Å². The Morgan fingerprint density at radius 2 is 2.10 bits per heavy atom. The van der Waals surface area contributed by atoms with Gasteiger partial charge in [-0.25, -0.2) is 0 Å². The molecule has 4 heteroatoms. The second-order valence-electron chi connectivity index (χ2n) is 6.68. The van der Waals surface area contributed by atoms with E-state index in [1.807, 2.05) is 6.07 Å². The molecule has 0 spiro atoms. The molecule has 3 rings (SSSR count). The monoisotopic (exact) mass is 287 g/mol. The van der Waals surface area contributed by atoms with Crippen LogP contribution in [0.5, 0.6) is 0 Å². The highest BCUT2D eigenvalue weighted by atomic mass is 16.2. The SMILES string of the molecule is CC1CN(C(=O)CC2CNc3ccccc32)CC1N(C)C. The topological polar surface area (TPSA) is 35.6 Å². The van der Waals surface area contributed by atoms with Gasteiger partial charge in [-0.1, -0.05) is 25.1 Å². The lowest BCUT2D eigenvalue weighted by Crippen LogP contribution is -2.36. The van der Waals surface area contributed by atoms with Crippen molar-refractivity contribution in [1.82, 2.24) is 9.80 Å². The minimum absolute atomic E-state index is 0.301. The van der Waals surface area contributed by atoms with Crippen molar-refractivity contribution in [2.24, 2.45) is 5.92 Å². The molecule has 114 valence electrons. The quantitative estimate of drug-likeness (QED) is 0.923. The van der Waals surface area contributed by atoms with Gasteiger partial charge in [-0.2, -0.15) is 0 Å². The third-order valence-corrected chi connectivity index (χ3v) is 4.95. The molecule has 2 heterocycles. The highest BCUT2D eigenvalue weighted by molar-refractivity contribution is 5.78. The van der Waals surface area contributed by atoms with E-state index in [1.54, 1.807) is 0 Å². The van der Waals surface area contributed by atoms with Gasteiger partial charge < -0.3 is 15.1 Å². The standard InChI is InChI=1S/C17H25N3O/c1-12-10-20(11-16(12)19(2)3)17(21)8-13-9-18-15-7-5-4-6-14(13)15/h4-7,12-13,16,18H,8-11H2,1-3H3. The highest BCUT2D eigenvalue weighted by Gasteiger charge is 2.35. The van der Waals surface area contributed by atoms with Crippen LogP contribution in [0.1, 0.15) is 24.8 Å². The van der Waals surface area contributed by atoms with Crippen LogP contribution < -0.4 is 5.32 Å². The molecule has 1 fully saturated rings. The van der Waals surface area contributed by atoms with Gasteiger partial charge >= 0.3 is 0 Å². The Kier molecular flexibility index (Phi) is 3.89. The largest absolute Gasteiger partial charge is 0.384 e. The summed E-state index contributed by atoms with van der Waals surface area (Å²) in [5.41, 5.74) is 2.48. The molecular weight excluding hydrogens is 262 g/mol. The maximum atomic E-state index is 12.6. The number of nitrogens with zero attached hydrogens (tertiary/aromatic N) is 2. The van der Waals surface area contributed by atoms with Crippen molar-refractivity contribution in [1.29, 1.82) is 0 Å². The molecule has 0 aromatic heterocycles. The summed E-state index contributed by atoms with van der Waals surface area (Å²) >= 11 is 0. The molecule has 1 N–H and O–H groups in total. The van der Waals surface area contributed by atoms with Gasteiger partial charge in [-0.15, -0.1) is 0 Å². The number of fused-ring (bicyclic) bond motifs is 1. The minimum atomic E-state index is 0.301. The molecule has 21 heavy (non-hydrogen) atoms. The molecule has 1 aromatic rings. The van der Waals surface area contributed by atoms with E-state index in [0.717, 1.165) is 19.6 Å². The van der Waals surface area contributed by atoms with E-state index in [9.17, 15) is 4.79 Å². The normalized spacial score (nSPS) is 27.8. The van der Waals surface area contributed by atoms with Crippen LogP contribution in [0.4, 0.5) is 5.69 Å². The number of anilines is 1. The number of likely N-dealkylation sites (tertiary alicyclic amines) is 1. The molecule has 3 unspecified atom stereocenters. The Morgan fingerprint density at radius 3 is 2.81 bits per heavy atom. The molecule has 0 bridgehead atoms. The summed E-state index contributed by atoms with van der Waals surface area (Å²) in [5, 5.41) is 3.40. The van der Waals surface area contributed by atoms with Crippen molar-refractivity contribution in [3.05, 3.63) is 29.8 Å². The van der Waals surface area contributed by atoms with E-state index < -0.39 is 0 Å². The number of benzene rings is 1. The lowest BCUT2D eigenvalue weighted by molar-refractivity contribution is -0.130. The van der Waals surface area contributed by atoms with Crippen LogP contribution in [-0.4, -0.2) is 55.5 Å². The maximum absolute atomic E-state index is 12.6. The molecule has 1 saturated heterocycles. The average Bonchev–Trinajstić information content (AvgIpc) is 3.03. The smallest absolute Gasteiger partial charge is 0.223 e. The lowest BCUT2D eigenvalue weighted by Gasteiger charge is -2.22. The zero-order valence-electron chi connectivity index (χ0n) is 13.2. The molecule has 0 radical (unpaired) electrons. The summed E-state index contributed by atoms with van der Waals surface area (Å²) in [6.07, 6.45) is 0.622. The fourth-order valence-electron chi connectivity index (χ4n) is 3.70. The summed E-state index contributed by atoms with van der Waals surface area (Å²) in [6, 6.07) is 8.83. The highest BCUT2D eigenvalue weighted by Crippen LogP contribution is 2.34. The van der Waals surface area contributed by atoms with Gasteiger partial charge in [0, 0.05) is 43.7 Å². The van der Waals surface area contributed by atoms with Crippen LogP contribution in [0.25, 0.3) is 0 Å². The number of hydrogen-bond acceptors (Lipinski definition) is 3. The third kappa shape index (κ3) is 2.77. The van der Waals surface area contributed by atoms with E-state index in [1.165, 1.54) is 11.3 Å². The second kappa shape index (κ2) is 5.68. The fraction of sp³-hybridized carbons (Fsp3) is 0.588. The van der Waals surface area contributed by atoms with E-state index in [4.69, 9.17) is 0 Å².